The Labute approximate surface area is 236 Å². The maximum atomic E-state index is 12.7. The maximum absolute atomic E-state index is 12.7. The van der Waals surface area contributed by atoms with Crippen molar-refractivity contribution >= 4 is 27.3 Å². The number of aliphatic hydroxyl groups excluding tert-OH is 1. The standard InChI is InChI=1S/C29H40ClN3O5S/c30-24-11-8-23-19-38-28-13-10-21-17-27(28)33(14-4-3-6-20(23)16-24)18-22-9-12-25(22)26(31-35)7-2-1-5-15-39(36,37)32-29(21)34/h8,10-11,13,16-17,22,25-26,29,31-32,34-35H,1-7,9,12,14-15,18-19H2/t22-,25+,26-,29?/m0/s1. The molecule has 4 N–H and O–H groups in total. The molecule has 1 aliphatic carbocycles. The first-order valence-corrected chi connectivity index (χ1v) is 16.2. The molecule has 2 bridgehead atoms. The molecular weight excluding hydrogens is 538 g/mol. The summed E-state index contributed by atoms with van der Waals surface area (Å²) in [5.74, 6) is 1.43. The second-order valence-electron chi connectivity index (χ2n) is 11.3. The molecule has 3 aliphatic rings. The van der Waals surface area contributed by atoms with E-state index in [1.165, 1.54) is 5.56 Å². The second kappa shape index (κ2) is 12.7. The van der Waals surface area contributed by atoms with Crippen LogP contribution in [0.15, 0.2) is 36.4 Å². The predicted molar refractivity (Wildman–Crippen MR) is 153 cm³/mol. The van der Waals surface area contributed by atoms with E-state index in [1.54, 1.807) is 6.07 Å². The number of aliphatic hydroxyl groups is 1. The summed E-state index contributed by atoms with van der Waals surface area (Å²) in [5, 5.41) is 21.6. The van der Waals surface area contributed by atoms with Crippen molar-refractivity contribution in [3.8, 4) is 5.75 Å². The van der Waals surface area contributed by atoms with E-state index in [1.807, 2.05) is 30.3 Å². The Bertz CT molecular complexity index is 1240. The fourth-order valence-electron chi connectivity index (χ4n) is 6.26. The number of nitrogens with one attached hydrogen (secondary N) is 2. The molecule has 0 saturated heterocycles. The summed E-state index contributed by atoms with van der Waals surface area (Å²) in [6.45, 7) is 2.01. The van der Waals surface area contributed by atoms with Crippen molar-refractivity contribution in [1.82, 2.24) is 10.2 Å². The van der Waals surface area contributed by atoms with E-state index in [0.29, 0.717) is 36.2 Å². The summed E-state index contributed by atoms with van der Waals surface area (Å²) in [7, 11) is -3.66. The largest absolute Gasteiger partial charge is 0.487 e. The van der Waals surface area contributed by atoms with Crippen LogP contribution in [-0.4, -0.2) is 43.6 Å². The SMILES string of the molecule is O=S1(=O)CCCCC[C@H](NO)[C@@H]2CC[C@H]2CN2CCCCc3cc(Cl)ccc3COc3ccc(cc32)C(O)N1. The van der Waals surface area contributed by atoms with Crippen LogP contribution in [0.3, 0.4) is 0 Å². The minimum Gasteiger partial charge on any atom is -0.487 e. The summed E-state index contributed by atoms with van der Waals surface area (Å²) in [6.07, 6.45) is 6.60. The molecule has 0 spiro atoms. The van der Waals surface area contributed by atoms with Crippen LogP contribution in [0.5, 0.6) is 5.75 Å². The average molecular weight is 578 g/mol. The van der Waals surface area contributed by atoms with Gasteiger partial charge in [0.25, 0.3) is 0 Å². The Kier molecular flexibility index (Phi) is 9.36. The monoisotopic (exact) mass is 577 g/mol. The minimum absolute atomic E-state index is 0.00144. The minimum atomic E-state index is -3.66. The van der Waals surface area contributed by atoms with Crippen LogP contribution in [0.2, 0.25) is 5.02 Å². The van der Waals surface area contributed by atoms with Gasteiger partial charge < -0.3 is 20.0 Å². The Morgan fingerprint density at radius 3 is 2.67 bits per heavy atom. The number of aryl methyl sites for hydroxylation is 1. The first-order valence-electron chi connectivity index (χ1n) is 14.2. The number of hydrogen-bond acceptors (Lipinski definition) is 7. The fourth-order valence-corrected chi connectivity index (χ4v) is 7.64. The van der Waals surface area contributed by atoms with Crippen LogP contribution in [0, 0.1) is 11.8 Å². The zero-order valence-corrected chi connectivity index (χ0v) is 23.9. The lowest BCUT2D eigenvalue weighted by atomic mass is 9.68. The van der Waals surface area contributed by atoms with Gasteiger partial charge in [-0.25, -0.2) is 13.9 Å². The number of hydroxylamine groups is 1. The van der Waals surface area contributed by atoms with Gasteiger partial charge in [0.05, 0.1) is 11.4 Å². The molecule has 5 rings (SSSR count). The summed E-state index contributed by atoms with van der Waals surface area (Å²) >= 11 is 6.30. The number of sulfonamides is 1. The van der Waals surface area contributed by atoms with Crippen molar-refractivity contribution in [2.75, 3.05) is 23.7 Å². The molecule has 2 aromatic carbocycles. The quantitative estimate of drug-likeness (QED) is 0.356. The summed E-state index contributed by atoms with van der Waals surface area (Å²) < 4.78 is 34.2. The molecule has 1 saturated carbocycles. The topological polar surface area (TPSA) is 111 Å². The van der Waals surface area contributed by atoms with E-state index in [4.69, 9.17) is 16.3 Å². The molecule has 4 atom stereocenters. The predicted octanol–water partition coefficient (Wildman–Crippen LogP) is 4.92. The lowest BCUT2D eigenvalue weighted by molar-refractivity contribution is 0.0318. The van der Waals surface area contributed by atoms with E-state index < -0.39 is 16.3 Å². The van der Waals surface area contributed by atoms with Gasteiger partial charge in [0.2, 0.25) is 10.0 Å². The van der Waals surface area contributed by atoms with Crippen LogP contribution in [0.25, 0.3) is 0 Å². The second-order valence-corrected chi connectivity index (χ2v) is 13.6. The lowest BCUT2D eigenvalue weighted by Crippen LogP contribution is -2.48. The van der Waals surface area contributed by atoms with E-state index in [9.17, 15) is 18.7 Å². The molecule has 1 fully saturated rings. The van der Waals surface area contributed by atoms with Gasteiger partial charge >= 0.3 is 0 Å². The third kappa shape index (κ3) is 7.07. The highest BCUT2D eigenvalue weighted by atomic mass is 35.5. The zero-order chi connectivity index (χ0) is 27.4. The van der Waals surface area contributed by atoms with Gasteiger partial charge in [-0.2, -0.15) is 4.72 Å². The Hall–Kier alpha value is -1.88. The third-order valence-corrected chi connectivity index (χ3v) is 10.3. The molecule has 8 nitrogen and oxygen atoms in total. The number of ether oxygens (including phenoxy) is 1. The highest BCUT2D eigenvalue weighted by Crippen LogP contribution is 2.41. The van der Waals surface area contributed by atoms with Gasteiger partial charge in [-0.1, -0.05) is 36.6 Å². The zero-order valence-electron chi connectivity index (χ0n) is 22.3. The van der Waals surface area contributed by atoms with Crippen molar-refractivity contribution < 1.29 is 23.5 Å². The Morgan fingerprint density at radius 1 is 1.00 bits per heavy atom. The van der Waals surface area contributed by atoms with Gasteiger partial charge in [-0.3, -0.25) is 0 Å². The van der Waals surface area contributed by atoms with Crippen molar-refractivity contribution in [1.29, 1.82) is 0 Å². The molecule has 10 heteroatoms. The molecule has 39 heavy (non-hydrogen) atoms. The average Bonchev–Trinajstić information content (AvgIpc) is 2.92. The van der Waals surface area contributed by atoms with E-state index in [2.05, 4.69) is 15.1 Å². The molecule has 214 valence electrons. The molecule has 0 radical (unpaired) electrons. The van der Waals surface area contributed by atoms with Gasteiger partial charge in [-0.05, 0) is 97.7 Å². The van der Waals surface area contributed by atoms with Crippen molar-refractivity contribution in [2.24, 2.45) is 11.8 Å². The molecular formula is C29H40ClN3O5S. The lowest BCUT2D eigenvalue weighted by Gasteiger charge is -2.44. The normalized spacial score (nSPS) is 28.1. The van der Waals surface area contributed by atoms with Gasteiger partial charge in [0.15, 0.2) is 0 Å². The molecule has 1 unspecified atom stereocenters. The summed E-state index contributed by atoms with van der Waals surface area (Å²) in [4.78, 5) is 2.33. The first kappa shape index (κ1) is 28.6. The van der Waals surface area contributed by atoms with Gasteiger partial charge in [0.1, 0.15) is 18.6 Å². The van der Waals surface area contributed by atoms with Gasteiger partial charge in [0, 0.05) is 24.2 Å². The highest BCUT2D eigenvalue weighted by Gasteiger charge is 2.38. The first-order chi connectivity index (χ1) is 18.8. The maximum Gasteiger partial charge on any atom is 0.214 e. The van der Waals surface area contributed by atoms with E-state index in [0.717, 1.165) is 80.7 Å². The number of rotatable bonds is 1. The number of fused-ring (bicyclic) bond motifs is 3. The molecule has 0 amide bonds. The van der Waals surface area contributed by atoms with E-state index in [-0.39, 0.29) is 11.8 Å². The van der Waals surface area contributed by atoms with Crippen molar-refractivity contribution in [3.63, 3.8) is 0 Å². The van der Waals surface area contributed by atoms with Crippen LogP contribution in [0.1, 0.15) is 74.3 Å². The van der Waals surface area contributed by atoms with Crippen molar-refractivity contribution in [2.45, 2.75) is 76.7 Å². The Morgan fingerprint density at radius 2 is 1.87 bits per heavy atom. The summed E-state index contributed by atoms with van der Waals surface area (Å²) in [5.41, 5.74) is 6.20. The fraction of sp³-hybridized carbons (Fsp3) is 0.586. The number of anilines is 1. The van der Waals surface area contributed by atoms with Crippen LogP contribution in [-0.2, 0) is 23.1 Å². The Balaban J connectivity index is 1.50. The number of hydrogen-bond donors (Lipinski definition) is 4. The summed E-state index contributed by atoms with van der Waals surface area (Å²) in [6, 6.07) is 11.4. The molecule has 2 aromatic rings. The number of benzene rings is 2. The molecule has 0 aromatic heterocycles. The number of halogens is 1. The van der Waals surface area contributed by atoms with E-state index >= 15 is 0 Å². The van der Waals surface area contributed by atoms with Crippen LogP contribution in [0.4, 0.5) is 5.69 Å². The molecule has 2 aliphatic heterocycles. The van der Waals surface area contributed by atoms with Gasteiger partial charge in [-0.15, -0.1) is 0 Å². The van der Waals surface area contributed by atoms with Crippen LogP contribution < -0.4 is 19.8 Å². The third-order valence-electron chi connectivity index (χ3n) is 8.65. The number of nitrogens with zero attached hydrogens (tertiary/aromatic N) is 1. The van der Waals surface area contributed by atoms with Crippen molar-refractivity contribution in [3.05, 3.63) is 58.1 Å². The highest BCUT2D eigenvalue weighted by molar-refractivity contribution is 7.89. The smallest absolute Gasteiger partial charge is 0.214 e. The van der Waals surface area contributed by atoms with Crippen LogP contribution >= 0.6 is 11.6 Å². The molecule has 2 heterocycles.